The minimum absolute atomic E-state index is 0.499. The molecule has 0 aromatic carbocycles. The first-order valence-electron chi connectivity index (χ1n) is 5.04. The fraction of sp³-hybridized carbons (Fsp3) is 0.900. The minimum atomic E-state index is -1.26. The van der Waals surface area contributed by atoms with E-state index in [0.717, 1.165) is 25.7 Å². The zero-order valence-electron chi connectivity index (χ0n) is 9.21. The molecular formula is C10H20O3S. The van der Waals surface area contributed by atoms with E-state index in [0.29, 0.717) is 5.75 Å². The van der Waals surface area contributed by atoms with Gasteiger partial charge in [-0.3, -0.25) is 9.00 Å². The predicted octanol–water partition coefficient (Wildman–Crippen LogP) is 2.18. The molecular weight excluding hydrogens is 200 g/mol. The lowest BCUT2D eigenvalue weighted by Gasteiger charge is -2.18. The second kappa shape index (κ2) is 6.17. The number of unbranched alkanes of at least 4 members (excludes halogenated alkanes) is 3. The largest absolute Gasteiger partial charge is 0.480 e. The average Bonchev–Trinajstić information content (AvgIpc) is 2.11. The summed E-state index contributed by atoms with van der Waals surface area (Å²) in [6, 6.07) is 0. The number of rotatable bonds is 7. The van der Waals surface area contributed by atoms with Crippen LogP contribution in [0.25, 0.3) is 0 Å². The van der Waals surface area contributed by atoms with E-state index in [1.165, 1.54) is 13.8 Å². The molecule has 4 heteroatoms. The Labute approximate surface area is 88.4 Å². The van der Waals surface area contributed by atoms with Crippen LogP contribution in [-0.2, 0) is 15.6 Å². The molecule has 0 aliphatic rings. The first-order valence-corrected chi connectivity index (χ1v) is 6.36. The van der Waals surface area contributed by atoms with E-state index in [1.54, 1.807) is 0 Å². The normalized spacial score (nSPS) is 13.9. The van der Waals surface area contributed by atoms with Crippen molar-refractivity contribution in [2.75, 3.05) is 5.75 Å². The third kappa shape index (κ3) is 4.22. The van der Waals surface area contributed by atoms with Gasteiger partial charge in [-0.1, -0.05) is 26.2 Å². The van der Waals surface area contributed by atoms with Gasteiger partial charge < -0.3 is 5.11 Å². The van der Waals surface area contributed by atoms with Gasteiger partial charge in [0.05, 0.1) is 0 Å². The molecule has 0 amide bonds. The molecule has 0 spiro atoms. The van der Waals surface area contributed by atoms with Gasteiger partial charge in [0.15, 0.2) is 0 Å². The number of hydrogen-bond donors (Lipinski definition) is 1. The fourth-order valence-electron chi connectivity index (χ4n) is 1.01. The molecule has 1 N–H and O–H groups in total. The van der Waals surface area contributed by atoms with Gasteiger partial charge in [-0.2, -0.15) is 0 Å². The summed E-state index contributed by atoms with van der Waals surface area (Å²) in [4.78, 5) is 10.8. The lowest BCUT2D eigenvalue weighted by atomic mass is 10.2. The number of carboxylic acids is 1. The van der Waals surface area contributed by atoms with Crippen LogP contribution in [0.3, 0.4) is 0 Å². The molecule has 0 aliphatic heterocycles. The molecule has 14 heavy (non-hydrogen) atoms. The van der Waals surface area contributed by atoms with Crippen molar-refractivity contribution in [1.82, 2.24) is 0 Å². The van der Waals surface area contributed by atoms with Crippen molar-refractivity contribution in [3.8, 4) is 0 Å². The van der Waals surface area contributed by atoms with Crippen LogP contribution in [0.4, 0.5) is 0 Å². The quantitative estimate of drug-likeness (QED) is 0.669. The molecule has 0 saturated heterocycles. The summed E-state index contributed by atoms with van der Waals surface area (Å²) in [6.45, 7) is 5.15. The van der Waals surface area contributed by atoms with E-state index in [9.17, 15) is 9.00 Å². The second-order valence-electron chi connectivity index (χ2n) is 3.93. The van der Waals surface area contributed by atoms with Crippen molar-refractivity contribution in [3.05, 3.63) is 0 Å². The Balaban J connectivity index is 3.90. The van der Waals surface area contributed by atoms with Gasteiger partial charge in [-0.15, -0.1) is 0 Å². The number of aliphatic carboxylic acids is 1. The molecule has 0 fully saturated rings. The van der Waals surface area contributed by atoms with Crippen molar-refractivity contribution < 1.29 is 14.1 Å². The highest BCUT2D eigenvalue weighted by atomic mass is 32.2. The molecule has 84 valence electrons. The molecule has 1 unspecified atom stereocenters. The number of hydrogen-bond acceptors (Lipinski definition) is 2. The number of carboxylic acid groups (broad SMARTS) is 1. The van der Waals surface area contributed by atoms with E-state index < -0.39 is 21.5 Å². The molecule has 0 saturated carbocycles. The Morgan fingerprint density at radius 1 is 1.29 bits per heavy atom. The molecule has 3 nitrogen and oxygen atoms in total. The van der Waals surface area contributed by atoms with Gasteiger partial charge in [0.2, 0.25) is 0 Å². The van der Waals surface area contributed by atoms with Gasteiger partial charge in [0.25, 0.3) is 0 Å². The molecule has 0 rings (SSSR count). The first-order chi connectivity index (χ1) is 6.42. The van der Waals surface area contributed by atoms with Crippen LogP contribution in [0.1, 0.15) is 46.5 Å². The van der Waals surface area contributed by atoms with Crippen LogP contribution in [-0.4, -0.2) is 25.8 Å². The van der Waals surface area contributed by atoms with Crippen LogP contribution in [0.15, 0.2) is 0 Å². The van der Waals surface area contributed by atoms with Crippen molar-refractivity contribution in [3.63, 3.8) is 0 Å². The Kier molecular flexibility index (Phi) is 6.00. The standard InChI is InChI=1S/C10H20O3S/c1-4-5-6-7-8-14(13)10(2,3)9(11)12/h4-8H2,1-3H3,(H,11,12). The van der Waals surface area contributed by atoms with Crippen LogP contribution in [0.2, 0.25) is 0 Å². The maximum absolute atomic E-state index is 11.6. The van der Waals surface area contributed by atoms with E-state index in [2.05, 4.69) is 6.92 Å². The smallest absolute Gasteiger partial charge is 0.321 e. The first kappa shape index (κ1) is 13.6. The van der Waals surface area contributed by atoms with Crippen molar-refractivity contribution in [1.29, 1.82) is 0 Å². The van der Waals surface area contributed by atoms with Crippen LogP contribution < -0.4 is 0 Å². The van der Waals surface area contributed by atoms with Gasteiger partial charge >= 0.3 is 5.97 Å². The molecule has 1 atom stereocenters. The lowest BCUT2D eigenvalue weighted by Crippen LogP contribution is -2.37. The molecule has 0 radical (unpaired) electrons. The molecule has 0 aromatic heterocycles. The maximum Gasteiger partial charge on any atom is 0.321 e. The third-order valence-electron chi connectivity index (χ3n) is 2.27. The maximum atomic E-state index is 11.6. The zero-order chi connectivity index (χ0) is 11.2. The van der Waals surface area contributed by atoms with Crippen LogP contribution in [0, 0.1) is 0 Å². The summed E-state index contributed by atoms with van der Waals surface area (Å²) in [7, 11) is -1.26. The van der Waals surface area contributed by atoms with Crippen LogP contribution in [0.5, 0.6) is 0 Å². The lowest BCUT2D eigenvalue weighted by molar-refractivity contribution is -0.139. The summed E-state index contributed by atoms with van der Waals surface area (Å²) in [5.74, 6) is -0.481. The summed E-state index contributed by atoms with van der Waals surface area (Å²) < 4.78 is 10.5. The van der Waals surface area contributed by atoms with Crippen molar-refractivity contribution in [2.45, 2.75) is 51.2 Å². The van der Waals surface area contributed by atoms with Crippen molar-refractivity contribution >= 4 is 16.8 Å². The Bertz CT molecular complexity index is 211. The molecule has 0 bridgehead atoms. The van der Waals surface area contributed by atoms with E-state index in [-0.39, 0.29) is 0 Å². The summed E-state index contributed by atoms with van der Waals surface area (Å²) in [5.41, 5.74) is 0. The highest BCUT2D eigenvalue weighted by Crippen LogP contribution is 2.15. The Morgan fingerprint density at radius 2 is 1.86 bits per heavy atom. The minimum Gasteiger partial charge on any atom is -0.480 e. The predicted molar refractivity (Wildman–Crippen MR) is 58.9 cm³/mol. The summed E-state index contributed by atoms with van der Waals surface area (Å²) in [5, 5.41) is 8.82. The zero-order valence-corrected chi connectivity index (χ0v) is 10.0. The van der Waals surface area contributed by atoms with Crippen LogP contribution >= 0.6 is 0 Å². The SMILES string of the molecule is CCCCCCS(=O)C(C)(C)C(=O)O. The number of carbonyl (C=O) groups is 1. The second-order valence-corrected chi connectivity index (χ2v) is 6.05. The fourth-order valence-corrected chi connectivity index (χ4v) is 2.18. The van der Waals surface area contributed by atoms with Gasteiger partial charge in [-0.05, 0) is 20.3 Å². The molecule has 0 aliphatic carbocycles. The molecule has 0 aromatic rings. The highest BCUT2D eigenvalue weighted by molar-refractivity contribution is 7.87. The summed E-state index contributed by atoms with van der Waals surface area (Å²) >= 11 is 0. The highest BCUT2D eigenvalue weighted by Gasteiger charge is 2.33. The average molecular weight is 220 g/mol. The molecule has 0 heterocycles. The Hall–Kier alpha value is -0.380. The van der Waals surface area contributed by atoms with E-state index in [4.69, 9.17) is 5.11 Å². The van der Waals surface area contributed by atoms with E-state index >= 15 is 0 Å². The Morgan fingerprint density at radius 3 is 2.29 bits per heavy atom. The third-order valence-corrected chi connectivity index (χ3v) is 4.24. The van der Waals surface area contributed by atoms with Crippen molar-refractivity contribution in [2.24, 2.45) is 0 Å². The van der Waals surface area contributed by atoms with Gasteiger partial charge in [-0.25, -0.2) is 0 Å². The van der Waals surface area contributed by atoms with E-state index in [1.807, 2.05) is 0 Å². The topological polar surface area (TPSA) is 54.4 Å². The monoisotopic (exact) mass is 220 g/mol. The van der Waals surface area contributed by atoms with Gasteiger partial charge in [0, 0.05) is 16.6 Å². The summed E-state index contributed by atoms with van der Waals surface area (Å²) in [6.07, 6.45) is 4.16. The van der Waals surface area contributed by atoms with Gasteiger partial charge in [0.1, 0.15) is 4.75 Å².